The molecule has 0 saturated heterocycles. The van der Waals surface area contributed by atoms with Crippen LogP contribution < -0.4 is 10.1 Å². The quantitative estimate of drug-likeness (QED) is 0.625. The number of fused-ring (bicyclic) bond motifs is 1. The van der Waals surface area contributed by atoms with Crippen LogP contribution in [0, 0.1) is 6.92 Å². The van der Waals surface area contributed by atoms with Gasteiger partial charge in [0, 0.05) is 19.0 Å². The molecule has 0 spiro atoms. The Morgan fingerprint density at radius 3 is 2.75 bits per heavy atom. The zero-order valence-corrected chi connectivity index (χ0v) is 12.5. The molecule has 0 saturated carbocycles. The molecule has 1 aliphatic heterocycles. The van der Waals surface area contributed by atoms with Gasteiger partial charge in [-0.05, 0) is 31.4 Å². The van der Waals surface area contributed by atoms with Crippen molar-refractivity contribution >= 4 is 15.7 Å². The van der Waals surface area contributed by atoms with Crippen LogP contribution in [-0.2, 0) is 14.6 Å². The van der Waals surface area contributed by atoms with Crippen LogP contribution in [0.1, 0.15) is 31.7 Å². The van der Waals surface area contributed by atoms with Crippen LogP contribution in [0.4, 0.5) is 0 Å². The normalized spacial score (nSPS) is 14.5. The Kier molecular flexibility index (Phi) is 4.32. The molecule has 1 N–H and O–H groups in total. The van der Waals surface area contributed by atoms with Crippen molar-refractivity contribution in [3.8, 4) is 5.75 Å². The van der Waals surface area contributed by atoms with Crippen LogP contribution in [0.3, 0.4) is 0 Å². The molecule has 1 aliphatic rings. The third-order valence-corrected chi connectivity index (χ3v) is 4.90. The van der Waals surface area contributed by atoms with Gasteiger partial charge in [0.2, 0.25) is 15.7 Å². The van der Waals surface area contributed by atoms with Gasteiger partial charge in [-0.25, -0.2) is 8.42 Å². The van der Waals surface area contributed by atoms with Crippen LogP contribution in [0.25, 0.3) is 0 Å². The highest BCUT2D eigenvalue weighted by molar-refractivity contribution is 7.97. The maximum Gasteiger partial charge on any atom is 0.220 e. The van der Waals surface area contributed by atoms with Gasteiger partial charge >= 0.3 is 0 Å². The van der Waals surface area contributed by atoms with E-state index in [1.165, 1.54) is 0 Å². The van der Waals surface area contributed by atoms with Gasteiger partial charge in [0.15, 0.2) is 0 Å². The highest BCUT2D eigenvalue weighted by Gasteiger charge is 2.41. The summed E-state index contributed by atoms with van der Waals surface area (Å²) in [6, 6.07) is 3.27. The van der Waals surface area contributed by atoms with E-state index in [1.54, 1.807) is 19.1 Å². The molecule has 1 aromatic carbocycles. The summed E-state index contributed by atoms with van der Waals surface area (Å²) in [5.41, 5.74) is 0.721. The van der Waals surface area contributed by atoms with Crippen LogP contribution in [0.15, 0.2) is 21.9 Å². The van der Waals surface area contributed by atoms with E-state index >= 15 is 0 Å². The lowest BCUT2D eigenvalue weighted by Gasteiger charge is -2.06. The van der Waals surface area contributed by atoms with Gasteiger partial charge in [-0.2, -0.15) is 0 Å². The Hall–Kier alpha value is -1.56. The van der Waals surface area contributed by atoms with E-state index in [1.807, 2.05) is 6.92 Å². The van der Waals surface area contributed by atoms with E-state index in [-0.39, 0.29) is 5.91 Å². The Bertz CT molecular complexity index is 622. The number of carbonyl (C=O) groups is 1. The SMILES string of the molecule is CCCNC(=O)CCCOc1cc(C)c2c(c1)S2(=O)=O. The fourth-order valence-corrected chi connectivity index (χ4v) is 3.66. The van der Waals surface area contributed by atoms with E-state index in [4.69, 9.17) is 4.74 Å². The van der Waals surface area contributed by atoms with Crippen molar-refractivity contribution in [3.05, 3.63) is 17.7 Å². The van der Waals surface area contributed by atoms with Crippen molar-refractivity contribution in [2.45, 2.75) is 42.9 Å². The first-order chi connectivity index (χ1) is 9.46. The maximum absolute atomic E-state index is 11.5. The molecule has 110 valence electrons. The van der Waals surface area contributed by atoms with E-state index in [9.17, 15) is 13.2 Å². The van der Waals surface area contributed by atoms with Gasteiger partial charge in [0.25, 0.3) is 0 Å². The summed E-state index contributed by atoms with van der Waals surface area (Å²) in [5, 5.41) is 2.79. The average molecular weight is 297 g/mol. The number of hydrogen-bond acceptors (Lipinski definition) is 4. The molecule has 0 aromatic heterocycles. The number of aryl methyl sites for hydroxylation is 1. The number of carbonyl (C=O) groups excluding carboxylic acids is 1. The minimum Gasteiger partial charge on any atom is -0.494 e. The molecular formula is C14H19NO4S. The van der Waals surface area contributed by atoms with E-state index in [0.717, 1.165) is 12.0 Å². The van der Waals surface area contributed by atoms with Crippen molar-refractivity contribution in [3.63, 3.8) is 0 Å². The average Bonchev–Trinajstić information content (AvgIpc) is 2.95. The molecule has 1 aromatic rings. The summed E-state index contributed by atoms with van der Waals surface area (Å²) in [7, 11) is -3.13. The fourth-order valence-electron chi connectivity index (χ4n) is 2.07. The van der Waals surface area contributed by atoms with Gasteiger partial charge in [0.05, 0.1) is 16.4 Å². The highest BCUT2D eigenvalue weighted by Crippen LogP contribution is 2.45. The number of amides is 1. The second-order valence-electron chi connectivity index (χ2n) is 4.87. The molecule has 0 unspecified atom stereocenters. The fraction of sp³-hybridized carbons (Fsp3) is 0.500. The van der Waals surface area contributed by atoms with Crippen molar-refractivity contribution in [2.75, 3.05) is 13.2 Å². The summed E-state index contributed by atoms with van der Waals surface area (Å²) in [6.07, 6.45) is 1.95. The minimum atomic E-state index is -3.13. The number of hydrogen-bond donors (Lipinski definition) is 1. The number of rotatable bonds is 7. The topological polar surface area (TPSA) is 72.5 Å². The van der Waals surface area contributed by atoms with Crippen LogP contribution in [0.2, 0.25) is 0 Å². The second kappa shape index (κ2) is 5.83. The summed E-state index contributed by atoms with van der Waals surface area (Å²) in [6.45, 7) is 4.86. The molecule has 0 bridgehead atoms. The van der Waals surface area contributed by atoms with Crippen molar-refractivity contribution in [1.29, 1.82) is 0 Å². The lowest BCUT2D eigenvalue weighted by molar-refractivity contribution is -0.121. The predicted molar refractivity (Wildman–Crippen MR) is 74.7 cm³/mol. The Morgan fingerprint density at radius 2 is 2.10 bits per heavy atom. The van der Waals surface area contributed by atoms with Crippen LogP contribution in [-0.4, -0.2) is 27.5 Å². The molecule has 1 heterocycles. The predicted octanol–water partition coefficient (Wildman–Crippen LogP) is 1.83. The van der Waals surface area contributed by atoms with Gasteiger partial charge in [0.1, 0.15) is 5.75 Å². The lowest BCUT2D eigenvalue weighted by Crippen LogP contribution is -2.24. The monoisotopic (exact) mass is 297 g/mol. The number of sulfone groups is 1. The molecule has 20 heavy (non-hydrogen) atoms. The molecule has 2 rings (SSSR count). The largest absolute Gasteiger partial charge is 0.494 e. The molecule has 5 nitrogen and oxygen atoms in total. The van der Waals surface area contributed by atoms with Crippen molar-refractivity contribution in [1.82, 2.24) is 5.32 Å². The highest BCUT2D eigenvalue weighted by atomic mass is 32.2. The van der Waals surface area contributed by atoms with E-state index in [0.29, 0.717) is 41.5 Å². The molecule has 0 aliphatic carbocycles. The molecule has 0 atom stereocenters. The first-order valence-corrected chi connectivity index (χ1v) is 8.24. The molecule has 6 heteroatoms. The zero-order valence-electron chi connectivity index (χ0n) is 11.7. The summed E-state index contributed by atoms with van der Waals surface area (Å²) in [4.78, 5) is 12.2. The second-order valence-corrected chi connectivity index (χ2v) is 6.73. The van der Waals surface area contributed by atoms with Gasteiger partial charge in [-0.1, -0.05) is 6.92 Å². The summed E-state index contributed by atoms with van der Waals surface area (Å²) in [5.74, 6) is 0.575. The van der Waals surface area contributed by atoms with E-state index in [2.05, 4.69) is 5.32 Å². The molecule has 0 fully saturated rings. The lowest BCUT2D eigenvalue weighted by atomic mass is 10.2. The number of nitrogens with one attached hydrogen (secondary N) is 1. The Morgan fingerprint density at radius 1 is 1.35 bits per heavy atom. The Labute approximate surface area is 119 Å². The molecule has 1 amide bonds. The van der Waals surface area contributed by atoms with Crippen molar-refractivity contribution < 1.29 is 17.9 Å². The maximum atomic E-state index is 11.5. The zero-order chi connectivity index (χ0) is 14.8. The minimum absolute atomic E-state index is 0.0227. The van der Waals surface area contributed by atoms with Crippen LogP contribution >= 0.6 is 0 Å². The third kappa shape index (κ3) is 3.12. The first kappa shape index (κ1) is 14.8. The number of benzene rings is 1. The number of ether oxygens (including phenoxy) is 1. The van der Waals surface area contributed by atoms with E-state index < -0.39 is 9.84 Å². The van der Waals surface area contributed by atoms with Crippen molar-refractivity contribution in [2.24, 2.45) is 0 Å². The Balaban J connectivity index is 1.78. The molecule has 0 radical (unpaired) electrons. The smallest absolute Gasteiger partial charge is 0.220 e. The van der Waals surface area contributed by atoms with Gasteiger partial charge in [-0.3, -0.25) is 4.79 Å². The third-order valence-electron chi connectivity index (χ3n) is 3.12. The van der Waals surface area contributed by atoms with Crippen LogP contribution in [0.5, 0.6) is 5.75 Å². The summed E-state index contributed by atoms with van der Waals surface area (Å²) < 4.78 is 28.5. The summed E-state index contributed by atoms with van der Waals surface area (Å²) >= 11 is 0. The molecular weight excluding hydrogens is 278 g/mol. The van der Waals surface area contributed by atoms with Gasteiger partial charge in [-0.15, -0.1) is 0 Å². The standard InChI is InChI=1S/C14H19NO4S/c1-3-6-15-13(16)5-4-7-19-11-8-10(2)14-12(9-11)20(14,17)18/h8-9H,3-7H2,1-2H3,(H,15,16). The first-order valence-electron chi connectivity index (χ1n) is 6.76. The van der Waals surface area contributed by atoms with Gasteiger partial charge < -0.3 is 10.1 Å².